The van der Waals surface area contributed by atoms with E-state index >= 15 is 0 Å². The van der Waals surface area contributed by atoms with Crippen LogP contribution in [0, 0.1) is 0 Å². The van der Waals surface area contributed by atoms with Gasteiger partial charge in [-0.1, -0.05) is 32.1 Å². The van der Waals surface area contributed by atoms with Crippen molar-refractivity contribution in [2.45, 2.75) is 39.2 Å². The topological polar surface area (TPSA) is 29.5 Å². The molecular weight excluding hydrogens is 224 g/mol. The molecule has 0 aliphatic carbocycles. The summed E-state index contributed by atoms with van der Waals surface area (Å²) in [7, 11) is 0. The van der Waals surface area contributed by atoms with E-state index in [0.29, 0.717) is 6.61 Å². The Morgan fingerprint density at radius 2 is 2.00 bits per heavy atom. The van der Waals surface area contributed by atoms with Crippen molar-refractivity contribution in [1.82, 2.24) is 0 Å². The number of ether oxygens (including phenoxy) is 1. The lowest BCUT2D eigenvalue weighted by atomic mass is 9.98. The molecule has 18 heavy (non-hydrogen) atoms. The normalized spacial score (nSPS) is 11.7. The molecule has 1 atom stereocenters. The largest absolute Gasteiger partial charge is 0.494 e. The Balaban J connectivity index is 2.76. The molecule has 0 radical (unpaired) electrons. The van der Waals surface area contributed by atoms with E-state index in [9.17, 15) is 5.11 Å². The van der Waals surface area contributed by atoms with Crippen LogP contribution < -0.4 is 4.74 Å². The van der Waals surface area contributed by atoms with E-state index in [2.05, 4.69) is 19.2 Å². The molecule has 0 spiro atoms. The molecule has 1 rings (SSSR count). The summed E-state index contributed by atoms with van der Waals surface area (Å²) in [5.74, 6) is 0.825. The Hall–Kier alpha value is -1.50. The van der Waals surface area contributed by atoms with Crippen LogP contribution in [0.15, 0.2) is 42.1 Å². The maximum atomic E-state index is 10.2. The molecule has 0 amide bonds. The van der Waals surface area contributed by atoms with Crippen LogP contribution in [0.1, 0.15) is 44.8 Å². The third-order valence-corrected chi connectivity index (χ3v) is 2.86. The highest BCUT2D eigenvalue weighted by Crippen LogP contribution is 2.26. The van der Waals surface area contributed by atoms with Gasteiger partial charge < -0.3 is 9.84 Å². The lowest BCUT2D eigenvalue weighted by molar-refractivity contribution is 0.210. The fourth-order valence-corrected chi connectivity index (χ4v) is 1.80. The zero-order valence-corrected chi connectivity index (χ0v) is 11.3. The maximum Gasteiger partial charge on any atom is 0.119 e. The van der Waals surface area contributed by atoms with Crippen LogP contribution in [-0.4, -0.2) is 11.7 Å². The van der Waals surface area contributed by atoms with Crippen LogP contribution >= 0.6 is 0 Å². The molecule has 0 bridgehead atoms. The molecule has 0 saturated carbocycles. The second-order valence-electron chi connectivity index (χ2n) is 4.21. The number of unbranched alkanes of at least 4 members (excludes halogenated alkanes) is 1. The van der Waals surface area contributed by atoms with Crippen LogP contribution in [0.3, 0.4) is 0 Å². The Morgan fingerprint density at radius 3 is 2.50 bits per heavy atom. The molecule has 1 unspecified atom stereocenters. The Kier molecular flexibility index (Phi) is 6.27. The summed E-state index contributed by atoms with van der Waals surface area (Å²) in [4.78, 5) is 0. The SMILES string of the molecule is C=C=C(CCCC)C(O)c1ccc(OCC)cc1. The summed E-state index contributed by atoms with van der Waals surface area (Å²) in [6.07, 6.45) is 2.38. The van der Waals surface area contributed by atoms with Gasteiger partial charge in [-0.25, -0.2) is 0 Å². The van der Waals surface area contributed by atoms with Gasteiger partial charge in [0.15, 0.2) is 0 Å². The highest BCUT2D eigenvalue weighted by Gasteiger charge is 2.12. The Labute approximate surface area is 110 Å². The van der Waals surface area contributed by atoms with Gasteiger partial charge in [0, 0.05) is 5.57 Å². The van der Waals surface area contributed by atoms with E-state index in [4.69, 9.17) is 4.74 Å². The van der Waals surface area contributed by atoms with Gasteiger partial charge >= 0.3 is 0 Å². The number of aliphatic hydroxyl groups is 1. The number of hydrogen-bond acceptors (Lipinski definition) is 2. The quantitative estimate of drug-likeness (QED) is 0.736. The summed E-state index contributed by atoms with van der Waals surface area (Å²) < 4.78 is 5.38. The average Bonchev–Trinajstić information content (AvgIpc) is 2.40. The first-order chi connectivity index (χ1) is 8.72. The minimum absolute atomic E-state index is 0.607. The van der Waals surface area contributed by atoms with Crippen LogP contribution in [0.25, 0.3) is 0 Å². The molecule has 1 aromatic rings. The van der Waals surface area contributed by atoms with E-state index < -0.39 is 6.10 Å². The van der Waals surface area contributed by atoms with Crippen LogP contribution in [0.4, 0.5) is 0 Å². The van der Waals surface area contributed by atoms with Gasteiger partial charge in [0.05, 0.1) is 6.61 Å². The first-order valence-corrected chi connectivity index (χ1v) is 6.52. The lowest BCUT2D eigenvalue weighted by Gasteiger charge is -2.14. The van der Waals surface area contributed by atoms with E-state index in [-0.39, 0.29) is 0 Å². The molecule has 98 valence electrons. The van der Waals surface area contributed by atoms with Gasteiger partial charge in [-0.2, -0.15) is 0 Å². The van der Waals surface area contributed by atoms with Crippen LogP contribution in [0.2, 0.25) is 0 Å². The monoisotopic (exact) mass is 246 g/mol. The second kappa shape index (κ2) is 7.75. The first-order valence-electron chi connectivity index (χ1n) is 6.52. The standard InChI is InChI=1S/C16H22O2/c1-4-7-8-13(5-2)16(17)14-9-11-15(12-10-14)18-6-3/h9-12,16-17H,2,4,6-8H2,1,3H3. The lowest BCUT2D eigenvalue weighted by Crippen LogP contribution is -2.01. The predicted octanol–water partition coefficient (Wildman–Crippen LogP) is 4.02. The van der Waals surface area contributed by atoms with Gasteiger partial charge in [-0.3, -0.25) is 0 Å². The van der Waals surface area contributed by atoms with Crippen molar-refractivity contribution in [3.8, 4) is 5.75 Å². The van der Waals surface area contributed by atoms with Gasteiger partial charge in [-0.15, -0.1) is 5.73 Å². The molecule has 2 heteroatoms. The third-order valence-electron chi connectivity index (χ3n) is 2.86. The smallest absolute Gasteiger partial charge is 0.119 e. The average molecular weight is 246 g/mol. The molecule has 1 aromatic carbocycles. The fourth-order valence-electron chi connectivity index (χ4n) is 1.80. The molecule has 0 heterocycles. The summed E-state index contributed by atoms with van der Waals surface area (Å²) >= 11 is 0. The Bertz CT molecular complexity index is 400. The number of aliphatic hydroxyl groups excluding tert-OH is 1. The molecule has 1 N–H and O–H groups in total. The molecule has 0 aromatic heterocycles. The highest BCUT2D eigenvalue weighted by molar-refractivity contribution is 5.32. The number of benzene rings is 1. The van der Waals surface area contributed by atoms with Gasteiger partial charge in [0.25, 0.3) is 0 Å². The van der Waals surface area contributed by atoms with Crippen molar-refractivity contribution < 1.29 is 9.84 Å². The van der Waals surface area contributed by atoms with Crippen molar-refractivity contribution in [3.05, 3.63) is 47.7 Å². The van der Waals surface area contributed by atoms with E-state index in [1.165, 1.54) is 0 Å². The van der Waals surface area contributed by atoms with Crippen molar-refractivity contribution in [2.75, 3.05) is 6.61 Å². The second-order valence-corrected chi connectivity index (χ2v) is 4.21. The summed E-state index contributed by atoms with van der Waals surface area (Å²) in [6, 6.07) is 7.53. The number of hydrogen-bond donors (Lipinski definition) is 1. The highest BCUT2D eigenvalue weighted by atomic mass is 16.5. The Morgan fingerprint density at radius 1 is 1.33 bits per heavy atom. The van der Waals surface area contributed by atoms with E-state index in [1.807, 2.05) is 31.2 Å². The van der Waals surface area contributed by atoms with Crippen molar-refractivity contribution in [3.63, 3.8) is 0 Å². The van der Waals surface area contributed by atoms with Crippen molar-refractivity contribution >= 4 is 0 Å². The molecule has 0 aliphatic rings. The molecular formula is C16H22O2. The van der Waals surface area contributed by atoms with Crippen molar-refractivity contribution in [2.24, 2.45) is 0 Å². The first kappa shape index (κ1) is 14.6. The third kappa shape index (κ3) is 4.06. The van der Waals surface area contributed by atoms with Crippen LogP contribution in [-0.2, 0) is 0 Å². The van der Waals surface area contributed by atoms with Crippen molar-refractivity contribution in [1.29, 1.82) is 0 Å². The van der Waals surface area contributed by atoms with Crippen LogP contribution in [0.5, 0.6) is 5.75 Å². The molecule has 0 fully saturated rings. The molecule has 2 nitrogen and oxygen atoms in total. The summed E-state index contributed by atoms with van der Waals surface area (Å²) in [5, 5.41) is 10.2. The minimum Gasteiger partial charge on any atom is -0.494 e. The van der Waals surface area contributed by atoms with Gasteiger partial charge in [-0.05, 0) is 37.5 Å². The van der Waals surface area contributed by atoms with E-state index in [1.54, 1.807) is 0 Å². The molecule has 0 aliphatic heterocycles. The number of rotatable bonds is 7. The predicted molar refractivity (Wildman–Crippen MR) is 74.7 cm³/mol. The van der Waals surface area contributed by atoms with Gasteiger partial charge in [0.2, 0.25) is 0 Å². The zero-order chi connectivity index (χ0) is 13.4. The molecule has 0 saturated heterocycles. The minimum atomic E-state index is -0.607. The maximum absolute atomic E-state index is 10.2. The van der Waals surface area contributed by atoms with Gasteiger partial charge in [0.1, 0.15) is 11.9 Å². The zero-order valence-electron chi connectivity index (χ0n) is 11.3. The van der Waals surface area contributed by atoms with E-state index in [0.717, 1.165) is 36.1 Å². The summed E-state index contributed by atoms with van der Waals surface area (Å²) in [6.45, 7) is 8.39. The fraction of sp³-hybridized carbons (Fsp3) is 0.438. The summed E-state index contributed by atoms with van der Waals surface area (Å²) in [5.41, 5.74) is 4.58.